The lowest BCUT2D eigenvalue weighted by molar-refractivity contribution is -0.124. The maximum Gasteiger partial charge on any atom is 0.340 e. The molecule has 3 aromatic rings. The van der Waals surface area contributed by atoms with Crippen LogP contribution in [0.1, 0.15) is 10.4 Å². The molecule has 0 saturated carbocycles. The lowest BCUT2D eigenvalue weighted by atomic mass is 10.1. The van der Waals surface area contributed by atoms with Crippen molar-refractivity contribution in [3.63, 3.8) is 0 Å². The number of carbonyl (C=O) groups excluding carboxylic acids is 2. The van der Waals surface area contributed by atoms with Crippen LogP contribution >= 0.6 is 0 Å². The number of hydrogen-bond donors (Lipinski definition) is 2. The highest BCUT2D eigenvalue weighted by Crippen LogP contribution is 2.30. The van der Waals surface area contributed by atoms with Gasteiger partial charge in [0.05, 0.1) is 17.8 Å². The van der Waals surface area contributed by atoms with Gasteiger partial charge in [0.25, 0.3) is 5.91 Å². The quantitative estimate of drug-likeness (QED) is 0.571. The molecule has 0 radical (unpaired) electrons. The van der Waals surface area contributed by atoms with Crippen LogP contribution in [-0.4, -0.2) is 37.7 Å². The second-order valence-corrected chi connectivity index (χ2v) is 6.91. The molecule has 3 aromatic carbocycles. The first-order chi connectivity index (χ1) is 15.2. The number of benzene rings is 3. The molecule has 4 rings (SSSR count). The summed E-state index contributed by atoms with van der Waals surface area (Å²) >= 11 is 0. The largest absolute Gasteiger partial charge is 0.486 e. The highest BCUT2D eigenvalue weighted by atomic mass is 16.6. The topological polar surface area (TPSA) is 85.9 Å². The molecule has 0 saturated heterocycles. The first-order valence-electron chi connectivity index (χ1n) is 9.92. The molecule has 0 spiro atoms. The third-order valence-corrected chi connectivity index (χ3v) is 4.63. The van der Waals surface area contributed by atoms with Crippen LogP contribution in [-0.2, 0) is 9.53 Å². The normalized spacial score (nSPS) is 14.4. The number of esters is 1. The van der Waals surface area contributed by atoms with Gasteiger partial charge in [-0.05, 0) is 36.4 Å². The van der Waals surface area contributed by atoms with Gasteiger partial charge in [0.1, 0.15) is 12.7 Å². The summed E-state index contributed by atoms with van der Waals surface area (Å²) in [6, 6.07) is 23.8. The van der Waals surface area contributed by atoms with Gasteiger partial charge in [-0.3, -0.25) is 4.79 Å². The molecular weight excluding hydrogens is 396 g/mol. The molecule has 0 bridgehead atoms. The third-order valence-electron chi connectivity index (χ3n) is 4.63. The van der Waals surface area contributed by atoms with Crippen LogP contribution in [0, 0.1) is 0 Å². The van der Waals surface area contributed by atoms with E-state index in [4.69, 9.17) is 14.2 Å². The van der Waals surface area contributed by atoms with Gasteiger partial charge in [-0.25, -0.2) is 4.79 Å². The molecule has 7 nitrogen and oxygen atoms in total. The number of ether oxygens (including phenoxy) is 3. The molecule has 0 unspecified atom stereocenters. The summed E-state index contributed by atoms with van der Waals surface area (Å²) in [7, 11) is 0. The van der Waals surface area contributed by atoms with Crippen molar-refractivity contribution < 1.29 is 23.8 Å². The molecule has 7 heteroatoms. The first-order valence-corrected chi connectivity index (χ1v) is 9.92. The number of nitrogens with one attached hydrogen (secondary N) is 2. The highest BCUT2D eigenvalue weighted by molar-refractivity contribution is 5.97. The van der Waals surface area contributed by atoms with Crippen molar-refractivity contribution in [2.24, 2.45) is 0 Å². The summed E-state index contributed by atoms with van der Waals surface area (Å²) in [5.74, 6) is 0.327. The number of para-hydroxylation sites is 4. The Morgan fingerprint density at radius 2 is 1.61 bits per heavy atom. The molecule has 158 valence electrons. The van der Waals surface area contributed by atoms with Crippen LogP contribution < -0.4 is 20.1 Å². The Labute approximate surface area is 179 Å². The van der Waals surface area contributed by atoms with Crippen molar-refractivity contribution in [1.29, 1.82) is 0 Å². The summed E-state index contributed by atoms with van der Waals surface area (Å²) in [5, 5.41) is 5.89. The zero-order chi connectivity index (χ0) is 21.5. The van der Waals surface area contributed by atoms with Crippen LogP contribution in [0.4, 0.5) is 11.4 Å². The maximum absolute atomic E-state index is 12.5. The van der Waals surface area contributed by atoms with Gasteiger partial charge in [-0.2, -0.15) is 0 Å². The second-order valence-electron chi connectivity index (χ2n) is 6.91. The lowest BCUT2D eigenvalue weighted by Crippen LogP contribution is -2.42. The Morgan fingerprint density at radius 1 is 0.903 bits per heavy atom. The molecule has 1 aliphatic heterocycles. The van der Waals surface area contributed by atoms with Crippen LogP contribution in [0.2, 0.25) is 0 Å². The highest BCUT2D eigenvalue weighted by Gasteiger charge is 2.21. The fraction of sp³-hybridized carbons (Fsp3) is 0.167. The Bertz CT molecular complexity index is 1050. The average molecular weight is 418 g/mol. The number of fused-ring (bicyclic) bond motifs is 1. The van der Waals surface area contributed by atoms with Gasteiger partial charge in [0.2, 0.25) is 0 Å². The van der Waals surface area contributed by atoms with Crippen molar-refractivity contribution in [1.82, 2.24) is 5.32 Å². The smallest absolute Gasteiger partial charge is 0.340 e. The van der Waals surface area contributed by atoms with Gasteiger partial charge in [0.15, 0.2) is 18.1 Å². The average Bonchev–Trinajstić information content (AvgIpc) is 2.82. The molecule has 1 atom stereocenters. The Balaban J connectivity index is 1.27. The van der Waals surface area contributed by atoms with Gasteiger partial charge in [-0.15, -0.1) is 0 Å². The third kappa shape index (κ3) is 5.33. The van der Waals surface area contributed by atoms with Crippen LogP contribution in [0.25, 0.3) is 0 Å². The monoisotopic (exact) mass is 418 g/mol. The van der Waals surface area contributed by atoms with E-state index in [1.165, 1.54) is 0 Å². The number of amides is 1. The predicted octanol–water partition coefficient (Wildman–Crippen LogP) is 3.54. The number of rotatable bonds is 7. The SMILES string of the molecule is O=C(COC(=O)c1ccccc1Nc1ccccc1)NC[C@H]1COc2ccccc2O1. The van der Waals surface area contributed by atoms with Crippen LogP contribution in [0.15, 0.2) is 78.9 Å². The van der Waals surface area contributed by atoms with E-state index in [-0.39, 0.29) is 19.3 Å². The van der Waals surface area contributed by atoms with Gasteiger partial charge in [0, 0.05) is 5.69 Å². The number of anilines is 2. The molecular formula is C24H22N2O5. The number of hydrogen-bond acceptors (Lipinski definition) is 6. The number of carbonyl (C=O) groups is 2. The fourth-order valence-corrected chi connectivity index (χ4v) is 3.10. The van der Waals surface area contributed by atoms with Crippen molar-refractivity contribution in [2.45, 2.75) is 6.10 Å². The maximum atomic E-state index is 12.5. The van der Waals surface area contributed by atoms with Gasteiger partial charge in [-0.1, -0.05) is 42.5 Å². The van der Waals surface area contributed by atoms with Crippen molar-refractivity contribution in [2.75, 3.05) is 25.1 Å². The fourth-order valence-electron chi connectivity index (χ4n) is 3.10. The Kier molecular flexibility index (Phi) is 6.32. The van der Waals surface area contributed by atoms with E-state index in [0.717, 1.165) is 5.69 Å². The van der Waals surface area contributed by atoms with E-state index >= 15 is 0 Å². The Hall–Kier alpha value is -4.00. The van der Waals surface area contributed by atoms with Crippen molar-refractivity contribution >= 4 is 23.3 Å². The summed E-state index contributed by atoms with van der Waals surface area (Å²) in [4.78, 5) is 24.7. The minimum absolute atomic E-state index is 0.247. The standard InChI is InChI=1S/C24H22N2O5/c27-23(25-14-18-15-29-21-12-6-7-13-22(21)31-18)16-30-24(28)19-10-4-5-11-20(19)26-17-8-2-1-3-9-17/h1-13,18,26H,14-16H2,(H,25,27)/t18-/m0/s1. The molecule has 2 N–H and O–H groups in total. The summed E-state index contributed by atoms with van der Waals surface area (Å²) in [6.45, 7) is 0.190. The summed E-state index contributed by atoms with van der Waals surface area (Å²) < 4.78 is 16.6. The van der Waals surface area contributed by atoms with Crippen molar-refractivity contribution in [3.05, 3.63) is 84.4 Å². The van der Waals surface area contributed by atoms with E-state index in [2.05, 4.69) is 10.6 Å². The van der Waals surface area contributed by atoms with Crippen LogP contribution in [0.3, 0.4) is 0 Å². The minimum Gasteiger partial charge on any atom is -0.486 e. The van der Waals surface area contributed by atoms with Crippen LogP contribution in [0.5, 0.6) is 11.5 Å². The zero-order valence-corrected chi connectivity index (χ0v) is 16.7. The van der Waals surface area contributed by atoms with E-state index < -0.39 is 11.9 Å². The van der Waals surface area contributed by atoms with E-state index in [1.54, 1.807) is 18.2 Å². The summed E-state index contributed by atoms with van der Waals surface area (Å²) in [6.07, 6.45) is -0.314. The van der Waals surface area contributed by atoms with Crippen molar-refractivity contribution in [3.8, 4) is 11.5 Å². The molecule has 0 fully saturated rings. The Morgan fingerprint density at radius 3 is 2.45 bits per heavy atom. The molecule has 0 aromatic heterocycles. The van der Waals surface area contributed by atoms with E-state index in [0.29, 0.717) is 29.4 Å². The predicted molar refractivity (Wildman–Crippen MR) is 116 cm³/mol. The molecule has 1 amide bonds. The zero-order valence-electron chi connectivity index (χ0n) is 16.7. The molecule has 31 heavy (non-hydrogen) atoms. The second kappa shape index (κ2) is 9.67. The van der Waals surface area contributed by atoms with Gasteiger partial charge < -0.3 is 24.8 Å². The van der Waals surface area contributed by atoms with Gasteiger partial charge >= 0.3 is 5.97 Å². The minimum atomic E-state index is -0.583. The summed E-state index contributed by atoms with van der Waals surface area (Å²) in [5.41, 5.74) is 1.79. The van der Waals surface area contributed by atoms with E-state index in [1.807, 2.05) is 60.7 Å². The first kappa shape index (κ1) is 20.3. The lowest BCUT2D eigenvalue weighted by Gasteiger charge is -2.26. The molecule has 0 aliphatic carbocycles. The molecule has 1 heterocycles. The van der Waals surface area contributed by atoms with E-state index in [9.17, 15) is 9.59 Å². The molecule has 1 aliphatic rings.